The highest BCUT2D eigenvalue weighted by Gasteiger charge is 2.28. The zero-order chi connectivity index (χ0) is 13.1. The average Bonchev–Trinajstić information content (AvgIpc) is 2.38. The third-order valence-corrected chi connectivity index (χ3v) is 4.00. The minimum Gasteiger partial charge on any atom is -0.365 e. The van der Waals surface area contributed by atoms with Crippen LogP contribution in [0.5, 0.6) is 0 Å². The number of anilines is 1. The monoisotopic (exact) mass is 246 g/mol. The van der Waals surface area contributed by atoms with Crippen molar-refractivity contribution in [2.45, 2.75) is 46.2 Å². The van der Waals surface area contributed by atoms with Gasteiger partial charge in [-0.2, -0.15) is 0 Å². The quantitative estimate of drug-likeness (QED) is 0.882. The van der Waals surface area contributed by atoms with Crippen LogP contribution in [0.15, 0.2) is 24.3 Å². The zero-order valence-electron chi connectivity index (χ0n) is 12.1. The smallest absolute Gasteiger partial charge is 0.0438 e. The topological polar surface area (TPSA) is 15.3 Å². The van der Waals surface area contributed by atoms with Gasteiger partial charge in [-0.25, -0.2) is 0 Å². The maximum Gasteiger partial charge on any atom is 0.0438 e. The molecule has 0 bridgehead atoms. The zero-order valence-corrected chi connectivity index (χ0v) is 12.1. The molecule has 2 unspecified atom stereocenters. The number of nitrogens with zero attached hydrogens (tertiary/aromatic N) is 1. The van der Waals surface area contributed by atoms with Gasteiger partial charge in [-0.3, -0.25) is 0 Å². The maximum absolute atomic E-state index is 3.61. The van der Waals surface area contributed by atoms with Crippen molar-refractivity contribution in [2.24, 2.45) is 5.92 Å². The van der Waals surface area contributed by atoms with Crippen molar-refractivity contribution in [3.05, 3.63) is 29.8 Å². The van der Waals surface area contributed by atoms with Crippen LogP contribution in [0.3, 0.4) is 0 Å². The minimum atomic E-state index is 0.574. The summed E-state index contributed by atoms with van der Waals surface area (Å²) in [5.74, 6) is 0.676. The predicted octanol–water partition coefficient (Wildman–Crippen LogP) is 3.07. The molecule has 1 fully saturated rings. The number of piperazine rings is 1. The molecule has 18 heavy (non-hydrogen) atoms. The van der Waals surface area contributed by atoms with Gasteiger partial charge in [0.05, 0.1) is 0 Å². The van der Waals surface area contributed by atoms with Crippen molar-refractivity contribution in [1.82, 2.24) is 5.32 Å². The summed E-state index contributed by atoms with van der Waals surface area (Å²) in [6.45, 7) is 11.4. The Morgan fingerprint density at radius 2 is 2.06 bits per heavy atom. The number of benzene rings is 1. The molecule has 1 aromatic carbocycles. The van der Waals surface area contributed by atoms with Crippen LogP contribution in [0.25, 0.3) is 0 Å². The van der Waals surface area contributed by atoms with E-state index in [2.05, 4.69) is 62.2 Å². The molecule has 1 N–H and O–H groups in total. The fraction of sp³-hybridized carbons (Fsp3) is 0.625. The molecule has 1 heterocycles. The molecule has 1 aliphatic rings. The van der Waals surface area contributed by atoms with Crippen molar-refractivity contribution in [3.8, 4) is 0 Å². The molecule has 2 heteroatoms. The van der Waals surface area contributed by atoms with Gasteiger partial charge in [-0.15, -0.1) is 0 Å². The molecule has 2 rings (SSSR count). The van der Waals surface area contributed by atoms with Crippen molar-refractivity contribution in [3.63, 3.8) is 0 Å². The highest BCUT2D eigenvalue weighted by Crippen LogP contribution is 2.27. The Labute approximate surface area is 111 Å². The summed E-state index contributed by atoms with van der Waals surface area (Å²) in [5, 5.41) is 3.61. The van der Waals surface area contributed by atoms with E-state index in [9.17, 15) is 0 Å². The van der Waals surface area contributed by atoms with E-state index >= 15 is 0 Å². The molecule has 1 aromatic rings. The Hall–Kier alpha value is -1.02. The Kier molecular flexibility index (Phi) is 4.28. The number of para-hydroxylation sites is 1. The first-order valence-electron chi connectivity index (χ1n) is 7.21. The van der Waals surface area contributed by atoms with Crippen molar-refractivity contribution >= 4 is 5.69 Å². The Morgan fingerprint density at radius 1 is 1.33 bits per heavy atom. The number of hydrogen-bond acceptors (Lipinski definition) is 2. The highest BCUT2D eigenvalue weighted by molar-refractivity contribution is 5.55. The van der Waals surface area contributed by atoms with E-state index in [1.54, 1.807) is 0 Å². The van der Waals surface area contributed by atoms with Gasteiger partial charge in [0.1, 0.15) is 0 Å². The molecule has 1 aliphatic heterocycles. The van der Waals surface area contributed by atoms with Gasteiger partial charge in [0.25, 0.3) is 0 Å². The van der Waals surface area contributed by atoms with Gasteiger partial charge in [0.15, 0.2) is 0 Å². The lowest BCUT2D eigenvalue weighted by Gasteiger charge is -2.43. The summed E-state index contributed by atoms with van der Waals surface area (Å²) >= 11 is 0. The first kappa shape index (κ1) is 13.4. The van der Waals surface area contributed by atoms with E-state index in [4.69, 9.17) is 0 Å². The van der Waals surface area contributed by atoms with Crippen LogP contribution in [0, 0.1) is 5.92 Å². The molecule has 2 nitrogen and oxygen atoms in total. The van der Waals surface area contributed by atoms with Gasteiger partial charge in [-0.1, -0.05) is 39.0 Å². The molecule has 0 amide bonds. The number of hydrogen-bond donors (Lipinski definition) is 1. The summed E-state index contributed by atoms with van der Waals surface area (Å²) in [6.07, 6.45) is 1.11. The minimum absolute atomic E-state index is 0.574. The molecule has 0 spiro atoms. The van der Waals surface area contributed by atoms with E-state index < -0.39 is 0 Å². The molecule has 0 aliphatic carbocycles. The summed E-state index contributed by atoms with van der Waals surface area (Å²) < 4.78 is 0. The van der Waals surface area contributed by atoms with Gasteiger partial charge >= 0.3 is 0 Å². The van der Waals surface area contributed by atoms with Gasteiger partial charge in [0.2, 0.25) is 0 Å². The summed E-state index contributed by atoms with van der Waals surface area (Å²) in [6, 6.07) is 10.0. The maximum atomic E-state index is 3.61. The van der Waals surface area contributed by atoms with Crippen LogP contribution in [0.2, 0.25) is 0 Å². The molecule has 0 saturated carbocycles. The Morgan fingerprint density at radius 3 is 2.72 bits per heavy atom. The van der Waals surface area contributed by atoms with Crippen molar-refractivity contribution < 1.29 is 0 Å². The molecule has 100 valence electrons. The van der Waals surface area contributed by atoms with Gasteiger partial charge in [-0.05, 0) is 30.9 Å². The largest absolute Gasteiger partial charge is 0.365 e. The number of aryl methyl sites for hydroxylation is 1. The van der Waals surface area contributed by atoms with Crippen LogP contribution >= 0.6 is 0 Å². The second-order valence-corrected chi connectivity index (χ2v) is 5.76. The first-order valence-corrected chi connectivity index (χ1v) is 7.21. The Balaban J connectivity index is 2.32. The fourth-order valence-corrected chi connectivity index (χ4v) is 2.89. The normalized spacial score (nSPS) is 24.6. The second kappa shape index (κ2) is 5.75. The lowest BCUT2D eigenvalue weighted by atomic mass is 9.96. The van der Waals surface area contributed by atoms with E-state index in [0.29, 0.717) is 18.0 Å². The van der Waals surface area contributed by atoms with Crippen LogP contribution in [0.4, 0.5) is 5.69 Å². The number of rotatable bonds is 3. The van der Waals surface area contributed by atoms with E-state index in [1.165, 1.54) is 11.3 Å². The molecule has 2 atom stereocenters. The Bertz CT molecular complexity index is 386. The van der Waals surface area contributed by atoms with Crippen molar-refractivity contribution in [1.29, 1.82) is 0 Å². The third kappa shape index (κ3) is 2.69. The number of nitrogens with one attached hydrogen (secondary N) is 1. The van der Waals surface area contributed by atoms with Crippen LogP contribution < -0.4 is 10.2 Å². The average molecular weight is 246 g/mol. The molecule has 0 aromatic heterocycles. The summed E-state index contributed by atoms with van der Waals surface area (Å²) in [5.41, 5.74) is 2.91. The lowest BCUT2D eigenvalue weighted by molar-refractivity contribution is 0.348. The predicted molar refractivity (Wildman–Crippen MR) is 79.3 cm³/mol. The molecular weight excluding hydrogens is 220 g/mol. The van der Waals surface area contributed by atoms with Crippen LogP contribution in [0.1, 0.15) is 33.3 Å². The molecule has 0 radical (unpaired) electrons. The first-order chi connectivity index (χ1) is 8.63. The summed E-state index contributed by atoms with van der Waals surface area (Å²) in [7, 11) is 0. The third-order valence-electron chi connectivity index (χ3n) is 4.00. The van der Waals surface area contributed by atoms with Crippen LogP contribution in [-0.2, 0) is 6.42 Å². The molecule has 1 saturated heterocycles. The van der Waals surface area contributed by atoms with Gasteiger partial charge in [0, 0.05) is 30.9 Å². The van der Waals surface area contributed by atoms with E-state index in [-0.39, 0.29) is 0 Å². The SMILES string of the molecule is CCc1ccccc1N1CC(C)NCC1C(C)C. The fourth-order valence-electron chi connectivity index (χ4n) is 2.89. The van der Waals surface area contributed by atoms with Crippen molar-refractivity contribution in [2.75, 3.05) is 18.0 Å². The van der Waals surface area contributed by atoms with Gasteiger partial charge < -0.3 is 10.2 Å². The lowest BCUT2D eigenvalue weighted by Crippen LogP contribution is -2.57. The second-order valence-electron chi connectivity index (χ2n) is 5.76. The van der Waals surface area contributed by atoms with E-state index in [1.807, 2.05) is 0 Å². The van der Waals surface area contributed by atoms with Crippen LogP contribution in [-0.4, -0.2) is 25.2 Å². The highest BCUT2D eigenvalue weighted by atomic mass is 15.2. The molecular formula is C16H26N2. The summed E-state index contributed by atoms with van der Waals surface area (Å²) in [4.78, 5) is 2.62. The standard InChI is InChI=1S/C16H26N2/c1-5-14-8-6-7-9-15(14)18-11-13(4)17-10-16(18)12(2)3/h6-9,12-13,16-17H,5,10-11H2,1-4H3. The van der Waals surface area contributed by atoms with E-state index in [0.717, 1.165) is 19.5 Å².